The molecule has 0 spiro atoms. The fraction of sp³-hybridized carbons (Fsp3) is 0.263. The molecule has 0 aliphatic rings. The summed E-state index contributed by atoms with van der Waals surface area (Å²) in [6, 6.07) is 13.1. The van der Waals surface area contributed by atoms with Crippen LogP contribution < -0.4 is 10.1 Å². The van der Waals surface area contributed by atoms with Gasteiger partial charge in [0.15, 0.2) is 11.6 Å². The molecule has 0 atom stereocenters. The lowest BCUT2D eigenvalue weighted by Gasteiger charge is -2.11. The summed E-state index contributed by atoms with van der Waals surface area (Å²) in [4.78, 5) is 25.1. The number of rotatable bonds is 7. The molecular weight excluding hydrogens is 323 g/mol. The van der Waals surface area contributed by atoms with Gasteiger partial charge in [0.2, 0.25) is 5.91 Å². The van der Waals surface area contributed by atoms with Gasteiger partial charge in [0.05, 0.1) is 13.0 Å². The van der Waals surface area contributed by atoms with E-state index in [1.807, 2.05) is 0 Å². The summed E-state index contributed by atoms with van der Waals surface area (Å²) in [6.07, 6.45) is 0.130. The molecule has 25 heavy (non-hydrogen) atoms. The van der Waals surface area contributed by atoms with Crippen LogP contribution in [0.15, 0.2) is 48.5 Å². The molecule has 2 aromatic rings. The van der Waals surface area contributed by atoms with Gasteiger partial charge in [-0.2, -0.15) is 0 Å². The van der Waals surface area contributed by atoms with Crippen molar-refractivity contribution in [3.8, 4) is 5.75 Å². The van der Waals surface area contributed by atoms with Crippen LogP contribution in [0.5, 0.6) is 5.75 Å². The molecule has 2 amide bonds. The molecule has 5 nitrogen and oxygen atoms in total. The number of ether oxygens (including phenoxy) is 1. The Kier molecular flexibility index (Phi) is 6.51. The highest BCUT2D eigenvalue weighted by Gasteiger charge is 2.08. The molecule has 2 rings (SSSR count). The van der Waals surface area contributed by atoms with E-state index in [-0.39, 0.29) is 30.6 Å². The lowest BCUT2D eigenvalue weighted by atomic mass is 10.1. The summed E-state index contributed by atoms with van der Waals surface area (Å²) < 4.78 is 18.6. The molecule has 1 N–H and O–H groups in total. The first-order valence-electron chi connectivity index (χ1n) is 7.92. The van der Waals surface area contributed by atoms with Crippen LogP contribution in [0, 0.1) is 5.82 Å². The zero-order valence-corrected chi connectivity index (χ0v) is 14.3. The highest BCUT2D eigenvalue weighted by atomic mass is 19.1. The Hall–Kier alpha value is -2.89. The second-order valence-electron chi connectivity index (χ2n) is 5.70. The number of hydrogen-bond donors (Lipinski definition) is 1. The first-order valence-corrected chi connectivity index (χ1v) is 7.92. The molecule has 0 aromatic heterocycles. The minimum atomic E-state index is -0.449. The van der Waals surface area contributed by atoms with Gasteiger partial charge in [-0.1, -0.05) is 24.3 Å². The van der Waals surface area contributed by atoms with Crippen molar-refractivity contribution in [1.29, 1.82) is 0 Å². The van der Waals surface area contributed by atoms with Crippen LogP contribution in [0.1, 0.15) is 22.3 Å². The van der Waals surface area contributed by atoms with Crippen LogP contribution in [0.25, 0.3) is 0 Å². The number of hydrogen-bond acceptors (Lipinski definition) is 3. The molecule has 0 saturated heterocycles. The molecule has 0 saturated carbocycles. The van der Waals surface area contributed by atoms with E-state index < -0.39 is 5.82 Å². The van der Waals surface area contributed by atoms with Crippen molar-refractivity contribution in [1.82, 2.24) is 10.2 Å². The average Bonchev–Trinajstić information content (AvgIpc) is 2.61. The maximum absolute atomic E-state index is 13.4. The van der Waals surface area contributed by atoms with Gasteiger partial charge in [-0.3, -0.25) is 9.59 Å². The first kappa shape index (κ1) is 18.4. The van der Waals surface area contributed by atoms with Gasteiger partial charge >= 0.3 is 0 Å². The molecule has 0 aliphatic heterocycles. The van der Waals surface area contributed by atoms with E-state index in [0.717, 1.165) is 5.56 Å². The van der Waals surface area contributed by atoms with E-state index in [4.69, 9.17) is 4.74 Å². The van der Waals surface area contributed by atoms with E-state index in [2.05, 4.69) is 5.32 Å². The zero-order chi connectivity index (χ0) is 18.2. The second kappa shape index (κ2) is 8.82. The van der Waals surface area contributed by atoms with Crippen LogP contribution in [0.2, 0.25) is 0 Å². The summed E-state index contributed by atoms with van der Waals surface area (Å²) in [5.41, 5.74) is 1.48. The Labute approximate surface area is 146 Å². The van der Waals surface area contributed by atoms with Crippen molar-refractivity contribution < 1.29 is 18.7 Å². The van der Waals surface area contributed by atoms with Crippen LogP contribution in [0.4, 0.5) is 4.39 Å². The number of carbonyl (C=O) groups is 2. The van der Waals surface area contributed by atoms with Crippen LogP contribution >= 0.6 is 0 Å². The summed E-state index contributed by atoms with van der Waals surface area (Å²) in [7, 11) is 3.39. The van der Waals surface area contributed by atoms with Crippen LogP contribution in [-0.2, 0) is 11.3 Å². The molecule has 0 aliphatic carbocycles. The Morgan fingerprint density at radius 1 is 1.08 bits per heavy atom. The molecule has 132 valence electrons. The Bertz CT molecular complexity index is 730. The quantitative estimate of drug-likeness (QED) is 0.840. The minimum Gasteiger partial charge on any atom is -0.490 e. The highest BCUT2D eigenvalue weighted by molar-refractivity contribution is 5.93. The van der Waals surface area contributed by atoms with Gasteiger partial charge in [-0.05, 0) is 29.8 Å². The topological polar surface area (TPSA) is 58.6 Å². The Morgan fingerprint density at radius 2 is 1.76 bits per heavy atom. The fourth-order valence-corrected chi connectivity index (χ4v) is 2.13. The van der Waals surface area contributed by atoms with E-state index in [0.29, 0.717) is 12.1 Å². The number of halogens is 1. The molecule has 2 aromatic carbocycles. The predicted octanol–water partition coefficient (Wildman–Crippen LogP) is 2.61. The van der Waals surface area contributed by atoms with Crippen molar-refractivity contribution in [2.24, 2.45) is 0 Å². The van der Waals surface area contributed by atoms with Gasteiger partial charge in [-0.15, -0.1) is 0 Å². The second-order valence-corrected chi connectivity index (χ2v) is 5.70. The smallest absolute Gasteiger partial charge is 0.253 e. The standard InChI is InChI=1S/C19H21FN2O3/c1-22(2)19(24)15-9-7-14(8-10-15)13-21-18(23)11-12-25-17-6-4-3-5-16(17)20/h3-10H,11-13H2,1-2H3,(H,21,23). The molecule has 0 heterocycles. The Morgan fingerprint density at radius 3 is 2.40 bits per heavy atom. The average molecular weight is 344 g/mol. The van der Waals surface area contributed by atoms with E-state index in [1.54, 1.807) is 50.5 Å². The lowest BCUT2D eigenvalue weighted by Crippen LogP contribution is -2.24. The minimum absolute atomic E-state index is 0.0686. The monoisotopic (exact) mass is 344 g/mol. The molecule has 0 bridgehead atoms. The van der Waals surface area contributed by atoms with Gasteiger partial charge < -0.3 is 15.0 Å². The number of benzene rings is 2. The van der Waals surface area contributed by atoms with Gasteiger partial charge in [0.25, 0.3) is 5.91 Å². The van der Waals surface area contributed by atoms with Crippen molar-refractivity contribution >= 4 is 11.8 Å². The van der Waals surface area contributed by atoms with E-state index >= 15 is 0 Å². The first-order chi connectivity index (χ1) is 12.0. The lowest BCUT2D eigenvalue weighted by molar-refractivity contribution is -0.121. The van der Waals surface area contributed by atoms with Crippen LogP contribution in [0.3, 0.4) is 0 Å². The SMILES string of the molecule is CN(C)C(=O)c1ccc(CNC(=O)CCOc2ccccc2F)cc1. The zero-order valence-electron chi connectivity index (χ0n) is 14.3. The van der Waals surface area contributed by atoms with E-state index in [1.165, 1.54) is 17.0 Å². The number of carbonyl (C=O) groups excluding carboxylic acids is 2. The van der Waals surface area contributed by atoms with Crippen molar-refractivity contribution in [2.45, 2.75) is 13.0 Å². The van der Waals surface area contributed by atoms with E-state index in [9.17, 15) is 14.0 Å². The van der Waals surface area contributed by atoms with Crippen molar-refractivity contribution in [3.05, 3.63) is 65.5 Å². The summed E-state index contributed by atoms with van der Waals surface area (Å²) >= 11 is 0. The van der Waals surface area contributed by atoms with Crippen molar-refractivity contribution in [3.63, 3.8) is 0 Å². The fourth-order valence-electron chi connectivity index (χ4n) is 2.13. The maximum Gasteiger partial charge on any atom is 0.253 e. The predicted molar refractivity (Wildman–Crippen MR) is 92.8 cm³/mol. The molecule has 6 heteroatoms. The van der Waals surface area contributed by atoms with Gasteiger partial charge in [0.1, 0.15) is 0 Å². The molecule has 0 radical (unpaired) electrons. The maximum atomic E-state index is 13.4. The number of nitrogens with zero attached hydrogens (tertiary/aromatic N) is 1. The third-order valence-corrected chi connectivity index (χ3v) is 3.52. The number of nitrogens with one attached hydrogen (secondary N) is 1. The molecular formula is C19H21FN2O3. The number of amides is 2. The summed E-state index contributed by atoms with van der Waals surface area (Å²) in [5.74, 6) is -0.572. The normalized spacial score (nSPS) is 10.2. The third-order valence-electron chi connectivity index (χ3n) is 3.52. The number of para-hydroxylation sites is 1. The summed E-state index contributed by atoms with van der Waals surface area (Å²) in [5, 5.41) is 2.76. The largest absolute Gasteiger partial charge is 0.490 e. The highest BCUT2D eigenvalue weighted by Crippen LogP contribution is 2.15. The van der Waals surface area contributed by atoms with Crippen molar-refractivity contribution in [2.75, 3.05) is 20.7 Å². The third kappa shape index (κ3) is 5.60. The Balaban J connectivity index is 1.74. The molecule has 0 fully saturated rings. The molecule has 0 unspecified atom stereocenters. The van der Waals surface area contributed by atoms with Gasteiger partial charge in [0, 0.05) is 26.2 Å². The van der Waals surface area contributed by atoms with Crippen LogP contribution in [-0.4, -0.2) is 37.4 Å². The summed E-state index contributed by atoms with van der Waals surface area (Å²) in [6.45, 7) is 0.456. The van der Waals surface area contributed by atoms with Gasteiger partial charge in [-0.25, -0.2) is 4.39 Å².